The van der Waals surface area contributed by atoms with Crippen LogP contribution in [0, 0.1) is 5.92 Å². The lowest BCUT2D eigenvalue weighted by atomic mass is 9.77. The maximum absolute atomic E-state index is 13.3. The minimum absolute atomic E-state index is 0.0453. The van der Waals surface area contributed by atoms with Crippen LogP contribution in [0.1, 0.15) is 43.2 Å². The van der Waals surface area contributed by atoms with Crippen molar-refractivity contribution in [2.24, 2.45) is 5.92 Å². The second kappa shape index (κ2) is 11.6. The molecule has 10 nitrogen and oxygen atoms in total. The number of fused-ring (bicyclic) bond motifs is 3. The Bertz CT molecular complexity index is 992. The van der Waals surface area contributed by atoms with Crippen LogP contribution < -0.4 is 14.8 Å². The second-order valence-electron chi connectivity index (χ2n) is 9.37. The molecule has 36 heavy (non-hydrogen) atoms. The van der Waals surface area contributed by atoms with Gasteiger partial charge in [0, 0.05) is 43.4 Å². The zero-order chi connectivity index (χ0) is 25.8. The van der Waals surface area contributed by atoms with Gasteiger partial charge < -0.3 is 39.7 Å². The molecule has 2 aliphatic carbocycles. The van der Waals surface area contributed by atoms with Crippen molar-refractivity contribution in [3.8, 4) is 11.5 Å². The number of carbonyl (C=O) groups is 2. The lowest BCUT2D eigenvalue weighted by molar-refractivity contribution is -0.138. The van der Waals surface area contributed by atoms with Gasteiger partial charge in [-0.15, -0.1) is 0 Å². The molecule has 4 rings (SSSR count). The van der Waals surface area contributed by atoms with Gasteiger partial charge in [-0.05, 0) is 50.0 Å². The lowest BCUT2D eigenvalue weighted by Gasteiger charge is -2.41. The summed E-state index contributed by atoms with van der Waals surface area (Å²) in [7, 11) is 1.49. The monoisotopic (exact) mass is 504 g/mol. The van der Waals surface area contributed by atoms with E-state index in [1.165, 1.54) is 7.11 Å². The number of hydrogen-bond acceptors (Lipinski definition) is 8. The van der Waals surface area contributed by atoms with Gasteiger partial charge in [-0.1, -0.05) is 0 Å². The van der Waals surface area contributed by atoms with Crippen LogP contribution in [0.4, 0.5) is 0 Å². The maximum Gasteiger partial charge on any atom is 0.247 e. The average molecular weight is 505 g/mol. The van der Waals surface area contributed by atoms with E-state index >= 15 is 0 Å². The number of hydrogen-bond donors (Lipinski definition) is 4. The van der Waals surface area contributed by atoms with Crippen LogP contribution in [0.15, 0.2) is 23.8 Å². The van der Waals surface area contributed by atoms with Crippen molar-refractivity contribution in [1.82, 2.24) is 10.2 Å². The van der Waals surface area contributed by atoms with E-state index in [1.807, 2.05) is 6.92 Å². The number of benzene rings is 1. The summed E-state index contributed by atoms with van der Waals surface area (Å²) >= 11 is 0. The molecule has 0 saturated heterocycles. The molecule has 0 spiro atoms. The van der Waals surface area contributed by atoms with Gasteiger partial charge >= 0.3 is 0 Å². The molecule has 1 saturated carbocycles. The third-order valence-corrected chi connectivity index (χ3v) is 6.96. The minimum atomic E-state index is -1.10. The predicted molar refractivity (Wildman–Crippen MR) is 130 cm³/mol. The van der Waals surface area contributed by atoms with Crippen LogP contribution in [0.5, 0.6) is 11.5 Å². The van der Waals surface area contributed by atoms with Crippen molar-refractivity contribution >= 4 is 11.8 Å². The predicted octanol–water partition coefficient (Wildman–Crippen LogP) is 0.475. The van der Waals surface area contributed by atoms with Crippen molar-refractivity contribution in [1.29, 1.82) is 0 Å². The van der Waals surface area contributed by atoms with Gasteiger partial charge in [0.2, 0.25) is 11.8 Å². The number of aliphatic hydroxyl groups excluding tert-OH is 3. The molecule has 0 bridgehead atoms. The number of methoxy groups -OCH3 is 1. The molecule has 3 aliphatic rings. The van der Waals surface area contributed by atoms with Crippen molar-refractivity contribution in [2.45, 2.75) is 57.0 Å². The normalized spacial score (nSPS) is 24.3. The summed E-state index contributed by atoms with van der Waals surface area (Å²) in [5, 5.41) is 33.3. The van der Waals surface area contributed by atoms with Crippen LogP contribution in [0.25, 0.3) is 0 Å². The highest BCUT2D eigenvalue weighted by molar-refractivity contribution is 5.96. The van der Waals surface area contributed by atoms with Gasteiger partial charge in [0.25, 0.3) is 0 Å². The molecular weight excluding hydrogens is 468 g/mol. The molecule has 1 heterocycles. The maximum atomic E-state index is 13.3. The molecule has 1 aliphatic heterocycles. The van der Waals surface area contributed by atoms with Crippen LogP contribution in [-0.4, -0.2) is 90.3 Å². The van der Waals surface area contributed by atoms with Crippen molar-refractivity contribution in [3.63, 3.8) is 0 Å². The highest BCUT2D eigenvalue weighted by Crippen LogP contribution is 2.51. The summed E-state index contributed by atoms with van der Waals surface area (Å²) in [6, 6.07) is 2.64. The van der Waals surface area contributed by atoms with E-state index in [4.69, 9.17) is 14.2 Å². The Balaban J connectivity index is 1.74. The van der Waals surface area contributed by atoms with E-state index < -0.39 is 30.1 Å². The SMILES string of the molecule is CCOCCCN(C(=O)C1CC1)C1C=C(C(=O)NCCO)C2c3cc(CO)cc(OC)c3OC2C1O. The number of amides is 2. The number of nitrogens with zero attached hydrogens (tertiary/aromatic N) is 1. The van der Waals surface area contributed by atoms with E-state index in [2.05, 4.69) is 5.32 Å². The van der Waals surface area contributed by atoms with Gasteiger partial charge in [0.1, 0.15) is 12.2 Å². The fourth-order valence-corrected chi connectivity index (χ4v) is 5.07. The molecule has 1 aromatic rings. The first-order valence-corrected chi connectivity index (χ1v) is 12.6. The van der Waals surface area contributed by atoms with Crippen molar-refractivity contribution < 1.29 is 39.1 Å². The number of ether oxygens (including phenoxy) is 3. The standard InChI is InChI=1S/C26H36N2O8/c1-3-35-10-4-8-28(26(33)16-5-6-16)19-13-18(25(32)27-7-9-29)21-17-11-15(14-30)12-20(34-2)23(17)36-24(21)22(19)31/h11-13,16,19,21-22,24,29-31H,3-10,14H2,1-2H3,(H,27,32). The first-order valence-electron chi connectivity index (χ1n) is 12.6. The Labute approximate surface area is 210 Å². The lowest BCUT2D eigenvalue weighted by Crippen LogP contribution is -2.56. The summed E-state index contributed by atoms with van der Waals surface area (Å²) in [4.78, 5) is 28.2. The Morgan fingerprint density at radius 2 is 2.03 bits per heavy atom. The topological polar surface area (TPSA) is 138 Å². The fourth-order valence-electron chi connectivity index (χ4n) is 5.07. The third kappa shape index (κ3) is 5.22. The molecule has 10 heteroatoms. The fraction of sp³-hybridized carbons (Fsp3) is 0.615. The molecule has 4 unspecified atom stereocenters. The zero-order valence-corrected chi connectivity index (χ0v) is 20.8. The van der Waals surface area contributed by atoms with Gasteiger partial charge in [0.15, 0.2) is 11.5 Å². The molecule has 198 valence electrons. The molecule has 2 amide bonds. The minimum Gasteiger partial charge on any atom is -0.493 e. The quantitative estimate of drug-likeness (QED) is 0.302. The van der Waals surface area contributed by atoms with Gasteiger partial charge in [-0.25, -0.2) is 0 Å². The van der Waals surface area contributed by atoms with Gasteiger partial charge in [0.05, 0.1) is 32.3 Å². The summed E-state index contributed by atoms with van der Waals surface area (Å²) < 4.78 is 17.2. The van der Waals surface area contributed by atoms with Crippen LogP contribution in [0.3, 0.4) is 0 Å². The molecule has 4 atom stereocenters. The first-order chi connectivity index (χ1) is 17.4. The van der Waals surface area contributed by atoms with Crippen LogP contribution >= 0.6 is 0 Å². The Morgan fingerprint density at radius 1 is 1.25 bits per heavy atom. The third-order valence-electron chi connectivity index (χ3n) is 6.96. The smallest absolute Gasteiger partial charge is 0.247 e. The Kier molecular flexibility index (Phi) is 8.50. The number of nitrogens with one attached hydrogen (secondary N) is 1. The summed E-state index contributed by atoms with van der Waals surface area (Å²) in [5.74, 6) is -0.360. The van der Waals surface area contributed by atoms with Crippen LogP contribution in [0.2, 0.25) is 0 Å². The molecule has 0 aromatic heterocycles. The summed E-state index contributed by atoms with van der Waals surface area (Å²) in [5.41, 5.74) is 1.56. The van der Waals surface area contributed by atoms with E-state index in [0.717, 1.165) is 12.8 Å². The van der Waals surface area contributed by atoms with Crippen LogP contribution in [-0.2, 0) is 20.9 Å². The molecule has 4 N–H and O–H groups in total. The summed E-state index contributed by atoms with van der Waals surface area (Å²) in [6.45, 7) is 2.95. The highest BCUT2D eigenvalue weighted by Gasteiger charge is 2.52. The largest absolute Gasteiger partial charge is 0.493 e. The van der Waals surface area contributed by atoms with E-state index in [9.17, 15) is 24.9 Å². The van der Waals surface area contributed by atoms with Crippen molar-refractivity contribution in [3.05, 3.63) is 34.9 Å². The zero-order valence-electron chi connectivity index (χ0n) is 20.8. The summed E-state index contributed by atoms with van der Waals surface area (Å²) in [6.07, 6.45) is 1.94. The van der Waals surface area contributed by atoms with Gasteiger partial charge in [-0.3, -0.25) is 9.59 Å². The number of carbonyl (C=O) groups excluding carboxylic acids is 2. The number of rotatable bonds is 12. The van der Waals surface area contributed by atoms with Crippen molar-refractivity contribution in [2.75, 3.05) is 40.0 Å². The highest BCUT2D eigenvalue weighted by atomic mass is 16.5. The Morgan fingerprint density at radius 3 is 2.67 bits per heavy atom. The molecule has 1 aromatic carbocycles. The van der Waals surface area contributed by atoms with Gasteiger partial charge in [-0.2, -0.15) is 0 Å². The molecule has 1 fully saturated rings. The molecule has 0 radical (unpaired) electrons. The second-order valence-corrected chi connectivity index (χ2v) is 9.37. The van der Waals surface area contributed by atoms with E-state index in [-0.39, 0.29) is 31.6 Å². The van der Waals surface area contributed by atoms with E-state index in [0.29, 0.717) is 54.4 Å². The average Bonchev–Trinajstić information content (AvgIpc) is 3.67. The number of aliphatic hydroxyl groups is 3. The molecular formula is C26H36N2O8. The van der Waals surface area contributed by atoms with E-state index in [1.54, 1.807) is 23.1 Å². The Hall–Kier alpha value is -2.66. The first kappa shape index (κ1) is 26.4.